The monoisotopic (exact) mass is 281 g/mol. The Kier molecular flexibility index (Phi) is 3.86. The summed E-state index contributed by atoms with van der Waals surface area (Å²) in [6.45, 7) is 1.45. The third kappa shape index (κ3) is 2.55. The smallest absolute Gasteiger partial charge is 0.227 e. The summed E-state index contributed by atoms with van der Waals surface area (Å²) < 4.78 is 11.3. The standard InChI is InChI=1S/C14H19NO3S/c1-17-12-8-15(11-3-2-5-18-14(11)12)13(16)7-10-4-6-19-9-10/h4,6,9,11-12,14H,2-3,5,7-8H2,1H3/t11-,12+,14+/m0/s1. The van der Waals surface area contributed by atoms with Gasteiger partial charge in [0.1, 0.15) is 12.2 Å². The molecule has 0 spiro atoms. The Morgan fingerprint density at radius 2 is 2.53 bits per heavy atom. The number of thiophene rings is 1. The lowest BCUT2D eigenvalue weighted by atomic mass is 10.0. The molecule has 3 rings (SSSR count). The molecule has 3 atom stereocenters. The van der Waals surface area contributed by atoms with Crippen molar-refractivity contribution in [2.45, 2.75) is 37.5 Å². The molecule has 2 fully saturated rings. The first-order valence-corrected chi connectivity index (χ1v) is 7.69. The summed E-state index contributed by atoms with van der Waals surface area (Å²) >= 11 is 1.63. The second kappa shape index (κ2) is 5.61. The van der Waals surface area contributed by atoms with E-state index in [9.17, 15) is 4.79 Å². The molecule has 2 aliphatic rings. The van der Waals surface area contributed by atoms with E-state index in [2.05, 4.69) is 0 Å². The zero-order chi connectivity index (χ0) is 13.2. The Morgan fingerprint density at radius 3 is 3.26 bits per heavy atom. The lowest BCUT2D eigenvalue weighted by Crippen LogP contribution is -2.44. The first kappa shape index (κ1) is 13.1. The molecule has 0 aliphatic carbocycles. The van der Waals surface area contributed by atoms with Crippen molar-refractivity contribution in [3.8, 4) is 0 Å². The van der Waals surface area contributed by atoms with Gasteiger partial charge in [-0.25, -0.2) is 0 Å². The summed E-state index contributed by atoms with van der Waals surface area (Å²) in [5, 5.41) is 4.05. The van der Waals surface area contributed by atoms with Gasteiger partial charge >= 0.3 is 0 Å². The van der Waals surface area contributed by atoms with Crippen LogP contribution < -0.4 is 0 Å². The van der Waals surface area contributed by atoms with Crippen LogP contribution in [-0.4, -0.2) is 49.3 Å². The van der Waals surface area contributed by atoms with Crippen LogP contribution in [0.1, 0.15) is 18.4 Å². The summed E-state index contributed by atoms with van der Waals surface area (Å²) in [6.07, 6.45) is 2.63. The SMILES string of the molecule is CO[C@@H]1CN(C(=O)Cc2ccsc2)[C@H]2CCCO[C@@H]12. The molecule has 2 aliphatic heterocycles. The molecule has 0 radical (unpaired) electrons. The fourth-order valence-corrected chi connectivity index (χ4v) is 3.74. The normalized spacial score (nSPS) is 30.4. The first-order valence-electron chi connectivity index (χ1n) is 6.74. The second-order valence-electron chi connectivity index (χ2n) is 5.17. The van der Waals surface area contributed by atoms with Crippen molar-refractivity contribution < 1.29 is 14.3 Å². The van der Waals surface area contributed by atoms with Gasteiger partial charge in [0, 0.05) is 20.3 Å². The van der Waals surface area contributed by atoms with E-state index in [0.29, 0.717) is 13.0 Å². The van der Waals surface area contributed by atoms with Crippen LogP contribution in [-0.2, 0) is 20.7 Å². The van der Waals surface area contributed by atoms with Gasteiger partial charge in [0.25, 0.3) is 0 Å². The van der Waals surface area contributed by atoms with Gasteiger partial charge in [0.15, 0.2) is 0 Å². The Bertz CT molecular complexity index is 434. The molecule has 4 nitrogen and oxygen atoms in total. The minimum Gasteiger partial charge on any atom is -0.377 e. The summed E-state index contributed by atoms with van der Waals surface area (Å²) in [5.41, 5.74) is 1.10. The van der Waals surface area contributed by atoms with Crippen LogP contribution in [0.3, 0.4) is 0 Å². The summed E-state index contributed by atoms with van der Waals surface area (Å²) in [5.74, 6) is 0.193. The van der Waals surface area contributed by atoms with Crippen LogP contribution in [0.25, 0.3) is 0 Å². The van der Waals surface area contributed by atoms with E-state index in [-0.39, 0.29) is 24.2 Å². The minimum absolute atomic E-state index is 0.0247. The van der Waals surface area contributed by atoms with Gasteiger partial charge in [-0.1, -0.05) is 0 Å². The molecule has 3 heterocycles. The number of methoxy groups -OCH3 is 1. The summed E-state index contributed by atoms with van der Waals surface area (Å²) in [7, 11) is 1.70. The maximum Gasteiger partial charge on any atom is 0.227 e. The predicted molar refractivity (Wildman–Crippen MR) is 73.3 cm³/mol. The molecule has 0 saturated carbocycles. The highest BCUT2D eigenvalue weighted by Crippen LogP contribution is 2.30. The summed E-state index contributed by atoms with van der Waals surface area (Å²) in [4.78, 5) is 14.4. The van der Waals surface area contributed by atoms with Crippen LogP contribution in [0.2, 0.25) is 0 Å². The molecule has 1 amide bonds. The predicted octanol–water partition coefficient (Wildman–Crippen LogP) is 1.70. The largest absolute Gasteiger partial charge is 0.377 e. The van der Waals surface area contributed by atoms with Gasteiger partial charge in [-0.2, -0.15) is 11.3 Å². The van der Waals surface area contributed by atoms with Crippen molar-refractivity contribution in [3.63, 3.8) is 0 Å². The number of nitrogens with zero attached hydrogens (tertiary/aromatic N) is 1. The number of rotatable bonds is 3. The average molecular weight is 281 g/mol. The molecule has 19 heavy (non-hydrogen) atoms. The van der Waals surface area contributed by atoms with E-state index in [0.717, 1.165) is 25.0 Å². The molecule has 0 unspecified atom stereocenters. The average Bonchev–Trinajstić information content (AvgIpc) is 3.05. The van der Waals surface area contributed by atoms with Crippen LogP contribution >= 0.6 is 11.3 Å². The number of likely N-dealkylation sites (tertiary alicyclic amines) is 1. The number of carbonyl (C=O) groups is 1. The number of hydrogen-bond acceptors (Lipinski definition) is 4. The topological polar surface area (TPSA) is 38.8 Å². The molecular formula is C14H19NO3S. The number of amides is 1. The number of fused-ring (bicyclic) bond motifs is 1. The van der Waals surface area contributed by atoms with Gasteiger partial charge in [-0.15, -0.1) is 0 Å². The Balaban J connectivity index is 1.71. The zero-order valence-electron chi connectivity index (χ0n) is 11.1. The van der Waals surface area contributed by atoms with Gasteiger partial charge in [0.05, 0.1) is 12.5 Å². The number of hydrogen-bond donors (Lipinski definition) is 0. The van der Waals surface area contributed by atoms with Crippen molar-refractivity contribution in [3.05, 3.63) is 22.4 Å². The van der Waals surface area contributed by atoms with Crippen molar-refractivity contribution in [1.29, 1.82) is 0 Å². The van der Waals surface area contributed by atoms with E-state index < -0.39 is 0 Å². The minimum atomic E-state index is 0.0247. The quantitative estimate of drug-likeness (QED) is 0.846. The van der Waals surface area contributed by atoms with E-state index >= 15 is 0 Å². The molecule has 5 heteroatoms. The molecular weight excluding hydrogens is 262 g/mol. The van der Waals surface area contributed by atoms with E-state index in [1.807, 2.05) is 21.7 Å². The Morgan fingerprint density at radius 1 is 1.63 bits per heavy atom. The number of carbonyl (C=O) groups excluding carboxylic acids is 1. The number of ether oxygens (including phenoxy) is 2. The van der Waals surface area contributed by atoms with Crippen molar-refractivity contribution >= 4 is 17.2 Å². The molecule has 0 aromatic carbocycles. The van der Waals surface area contributed by atoms with Gasteiger partial charge < -0.3 is 14.4 Å². The highest BCUT2D eigenvalue weighted by molar-refractivity contribution is 7.07. The maximum atomic E-state index is 12.4. The third-order valence-corrected chi connectivity index (χ3v) is 4.77. The second-order valence-corrected chi connectivity index (χ2v) is 5.95. The van der Waals surface area contributed by atoms with E-state index in [1.165, 1.54) is 0 Å². The Hall–Kier alpha value is -0.910. The van der Waals surface area contributed by atoms with E-state index in [1.54, 1.807) is 18.4 Å². The van der Waals surface area contributed by atoms with Crippen LogP contribution in [0, 0.1) is 0 Å². The Labute approximate surface area is 117 Å². The maximum absolute atomic E-state index is 12.4. The fourth-order valence-electron chi connectivity index (χ4n) is 3.07. The summed E-state index contributed by atoms with van der Waals surface area (Å²) in [6, 6.07) is 2.21. The zero-order valence-corrected chi connectivity index (χ0v) is 11.9. The lowest BCUT2D eigenvalue weighted by Gasteiger charge is -2.32. The molecule has 0 bridgehead atoms. The molecule has 0 N–H and O–H groups in total. The van der Waals surface area contributed by atoms with Crippen LogP contribution in [0.5, 0.6) is 0 Å². The van der Waals surface area contributed by atoms with Gasteiger partial charge in [-0.05, 0) is 35.2 Å². The molecule has 104 valence electrons. The van der Waals surface area contributed by atoms with Crippen molar-refractivity contribution in [2.24, 2.45) is 0 Å². The van der Waals surface area contributed by atoms with Gasteiger partial charge in [-0.3, -0.25) is 4.79 Å². The highest BCUT2D eigenvalue weighted by atomic mass is 32.1. The van der Waals surface area contributed by atoms with Crippen LogP contribution in [0.4, 0.5) is 0 Å². The van der Waals surface area contributed by atoms with E-state index in [4.69, 9.17) is 9.47 Å². The molecule has 1 aromatic heterocycles. The fraction of sp³-hybridized carbons (Fsp3) is 0.643. The highest BCUT2D eigenvalue weighted by Gasteiger charge is 2.45. The van der Waals surface area contributed by atoms with Crippen molar-refractivity contribution in [1.82, 2.24) is 4.90 Å². The third-order valence-electron chi connectivity index (χ3n) is 4.04. The molecule has 1 aromatic rings. The molecule has 2 saturated heterocycles. The van der Waals surface area contributed by atoms with Crippen molar-refractivity contribution in [2.75, 3.05) is 20.3 Å². The van der Waals surface area contributed by atoms with Crippen LogP contribution in [0.15, 0.2) is 16.8 Å². The first-order chi connectivity index (χ1) is 9.29. The van der Waals surface area contributed by atoms with Gasteiger partial charge in [0.2, 0.25) is 5.91 Å². The lowest BCUT2D eigenvalue weighted by molar-refractivity contribution is -0.134.